The molecule has 2 heterocycles. The lowest BCUT2D eigenvalue weighted by molar-refractivity contribution is 0.102. The Morgan fingerprint density at radius 2 is 2.24 bits per heavy atom. The average molecular weight is 322 g/mol. The maximum absolute atomic E-state index is 12.3. The average Bonchev–Trinajstić information content (AvgIpc) is 3.10. The zero-order valence-corrected chi connectivity index (χ0v) is 14.0. The fraction of sp³-hybridized carbons (Fsp3) is 0.500. The van der Waals surface area contributed by atoms with Crippen LogP contribution >= 0.6 is 23.1 Å². The minimum Gasteiger partial charge on any atom is -0.357 e. The minimum atomic E-state index is 0.146. The van der Waals surface area contributed by atoms with Gasteiger partial charge in [0.05, 0.1) is 5.75 Å². The molecule has 0 aromatic carbocycles. The van der Waals surface area contributed by atoms with Gasteiger partial charge < -0.3 is 9.88 Å². The zero-order valence-electron chi connectivity index (χ0n) is 12.3. The second-order valence-electron chi connectivity index (χ2n) is 5.35. The quantitative estimate of drug-likeness (QED) is 0.654. The molecule has 0 radical (unpaired) electrons. The van der Waals surface area contributed by atoms with Crippen LogP contribution in [0.5, 0.6) is 0 Å². The summed E-state index contributed by atoms with van der Waals surface area (Å²) in [5.41, 5.74) is 2.93. The molecule has 5 nitrogen and oxygen atoms in total. The molecule has 2 aromatic rings. The van der Waals surface area contributed by atoms with Crippen molar-refractivity contribution in [2.75, 3.05) is 11.1 Å². The van der Waals surface area contributed by atoms with Crippen molar-refractivity contribution >= 4 is 34.0 Å². The fourth-order valence-electron chi connectivity index (χ4n) is 2.07. The Kier molecular flexibility index (Phi) is 4.03. The number of anilines is 1. The third-order valence-electron chi connectivity index (χ3n) is 3.71. The van der Waals surface area contributed by atoms with E-state index in [4.69, 9.17) is 0 Å². The standard InChI is InChI=1S/C14H18N4OS2/c1-8-6-11(9(2)18(8)3)12(19)7-20-14-17-16-13(21-14)15-10-4-5-10/h6,10H,4-5,7H2,1-3H3,(H,15,16). The first-order valence-corrected chi connectivity index (χ1v) is 8.73. The molecule has 0 unspecified atom stereocenters. The monoisotopic (exact) mass is 322 g/mol. The van der Waals surface area contributed by atoms with E-state index in [1.54, 1.807) is 0 Å². The number of hydrogen-bond acceptors (Lipinski definition) is 6. The maximum atomic E-state index is 12.3. The molecule has 0 bridgehead atoms. The molecule has 1 aliphatic rings. The largest absolute Gasteiger partial charge is 0.357 e. The van der Waals surface area contributed by atoms with Crippen LogP contribution in [0.25, 0.3) is 0 Å². The summed E-state index contributed by atoms with van der Waals surface area (Å²) in [4.78, 5) is 12.3. The number of thioether (sulfide) groups is 1. The van der Waals surface area contributed by atoms with E-state index in [0.29, 0.717) is 11.8 Å². The van der Waals surface area contributed by atoms with Crippen molar-refractivity contribution in [3.8, 4) is 0 Å². The number of nitrogens with zero attached hydrogens (tertiary/aromatic N) is 3. The van der Waals surface area contributed by atoms with E-state index >= 15 is 0 Å². The lowest BCUT2D eigenvalue weighted by atomic mass is 10.2. The van der Waals surface area contributed by atoms with Crippen LogP contribution in [0, 0.1) is 13.8 Å². The summed E-state index contributed by atoms with van der Waals surface area (Å²) >= 11 is 2.98. The van der Waals surface area contributed by atoms with Gasteiger partial charge in [-0.3, -0.25) is 4.79 Å². The van der Waals surface area contributed by atoms with Crippen molar-refractivity contribution in [1.29, 1.82) is 0 Å². The Hall–Kier alpha value is -1.34. The van der Waals surface area contributed by atoms with Crippen LogP contribution in [0.4, 0.5) is 5.13 Å². The molecule has 0 atom stereocenters. The first-order chi connectivity index (χ1) is 10.0. The number of Topliss-reactive ketones (excluding diaryl/α,β-unsaturated/α-hetero) is 1. The van der Waals surface area contributed by atoms with Crippen molar-refractivity contribution in [3.63, 3.8) is 0 Å². The predicted molar refractivity (Wildman–Crippen MR) is 86.5 cm³/mol. The Labute approximate surface area is 132 Å². The molecule has 2 aromatic heterocycles. The van der Waals surface area contributed by atoms with Gasteiger partial charge in [-0.2, -0.15) is 0 Å². The van der Waals surface area contributed by atoms with E-state index in [2.05, 4.69) is 15.5 Å². The Bertz CT molecular complexity index is 673. The first kappa shape index (κ1) is 14.6. The van der Waals surface area contributed by atoms with E-state index in [9.17, 15) is 4.79 Å². The van der Waals surface area contributed by atoms with Crippen LogP contribution in [0.1, 0.15) is 34.6 Å². The number of nitrogens with one attached hydrogen (secondary N) is 1. The number of hydrogen-bond donors (Lipinski definition) is 1. The van der Waals surface area contributed by atoms with Gasteiger partial charge in [0.25, 0.3) is 0 Å². The SMILES string of the molecule is Cc1cc(C(=O)CSc2nnc(NC3CC3)s2)c(C)n1C. The molecule has 21 heavy (non-hydrogen) atoms. The summed E-state index contributed by atoms with van der Waals surface area (Å²) in [5, 5.41) is 12.4. The number of rotatable bonds is 6. The van der Waals surface area contributed by atoms with Gasteiger partial charge in [0, 0.05) is 30.0 Å². The number of ketones is 1. The molecule has 1 saturated carbocycles. The lowest BCUT2D eigenvalue weighted by Crippen LogP contribution is -2.04. The van der Waals surface area contributed by atoms with Crippen molar-refractivity contribution in [1.82, 2.24) is 14.8 Å². The third kappa shape index (κ3) is 3.29. The van der Waals surface area contributed by atoms with Gasteiger partial charge in [-0.25, -0.2) is 0 Å². The molecule has 0 spiro atoms. The topological polar surface area (TPSA) is 59.8 Å². The summed E-state index contributed by atoms with van der Waals surface area (Å²) in [6.07, 6.45) is 2.43. The smallest absolute Gasteiger partial charge is 0.206 e. The van der Waals surface area contributed by atoms with E-state index in [-0.39, 0.29) is 5.78 Å². The summed E-state index contributed by atoms with van der Waals surface area (Å²) < 4.78 is 2.89. The molecule has 0 saturated heterocycles. The molecule has 0 aliphatic heterocycles. The van der Waals surface area contributed by atoms with Crippen molar-refractivity contribution in [2.24, 2.45) is 7.05 Å². The highest BCUT2D eigenvalue weighted by Gasteiger charge is 2.22. The molecular weight excluding hydrogens is 304 g/mol. The Balaban J connectivity index is 1.59. The number of aryl methyl sites for hydroxylation is 1. The van der Waals surface area contributed by atoms with Crippen LogP contribution in [0.15, 0.2) is 10.4 Å². The highest BCUT2D eigenvalue weighted by molar-refractivity contribution is 8.01. The van der Waals surface area contributed by atoms with Gasteiger partial charge in [0.2, 0.25) is 5.13 Å². The molecule has 0 amide bonds. The van der Waals surface area contributed by atoms with E-state index in [1.165, 1.54) is 35.9 Å². The minimum absolute atomic E-state index is 0.146. The van der Waals surface area contributed by atoms with Gasteiger partial charge in [0.1, 0.15) is 0 Å². The summed E-state index contributed by atoms with van der Waals surface area (Å²) in [7, 11) is 1.98. The Morgan fingerprint density at radius 3 is 2.86 bits per heavy atom. The maximum Gasteiger partial charge on any atom is 0.206 e. The number of aromatic nitrogens is 3. The highest BCUT2D eigenvalue weighted by atomic mass is 32.2. The van der Waals surface area contributed by atoms with E-state index in [0.717, 1.165) is 26.4 Å². The first-order valence-electron chi connectivity index (χ1n) is 6.93. The van der Waals surface area contributed by atoms with Gasteiger partial charge in [-0.1, -0.05) is 23.1 Å². The second kappa shape index (κ2) is 5.81. The fourth-order valence-corrected chi connectivity index (χ4v) is 3.78. The molecule has 1 aliphatic carbocycles. The van der Waals surface area contributed by atoms with Gasteiger partial charge in [-0.15, -0.1) is 10.2 Å². The molecule has 3 rings (SSSR count). The molecule has 7 heteroatoms. The molecular formula is C14H18N4OS2. The van der Waals surface area contributed by atoms with Gasteiger partial charge in [-0.05, 0) is 32.8 Å². The predicted octanol–water partition coefficient (Wildman–Crippen LogP) is 3.04. The normalized spacial score (nSPS) is 14.4. The van der Waals surface area contributed by atoms with E-state index in [1.807, 2.05) is 31.5 Å². The van der Waals surface area contributed by atoms with Crippen LogP contribution in [-0.2, 0) is 7.05 Å². The molecule has 1 N–H and O–H groups in total. The third-order valence-corrected chi connectivity index (χ3v) is 5.70. The summed E-state index contributed by atoms with van der Waals surface area (Å²) in [5.74, 6) is 0.552. The van der Waals surface area contributed by atoms with Crippen molar-refractivity contribution in [2.45, 2.75) is 37.1 Å². The zero-order chi connectivity index (χ0) is 15.0. The molecule has 1 fully saturated rings. The Morgan fingerprint density at radius 1 is 1.48 bits per heavy atom. The molecule has 112 valence electrons. The van der Waals surface area contributed by atoms with Gasteiger partial charge >= 0.3 is 0 Å². The van der Waals surface area contributed by atoms with Crippen molar-refractivity contribution < 1.29 is 4.79 Å². The van der Waals surface area contributed by atoms with Crippen molar-refractivity contribution in [3.05, 3.63) is 23.0 Å². The lowest BCUT2D eigenvalue weighted by Gasteiger charge is -2.01. The second-order valence-corrected chi connectivity index (χ2v) is 7.55. The van der Waals surface area contributed by atoms with Crippen LogP contribution in [-0.4, -0.2) is 32.3 Å². The number of carbonyl (C=O) groups excluding carboxylic acids is 1. The van der Waals surface area contributed by atoms with Gasteiger partial charge in [0.15, 0.2) is 10.1 Å². The van der Waals surface area contributed by atoms with Crippen LogP contribution < -0.4 is 5.32 Å². The van der Waals surface area contributed by atoms with Crippen LogP contribution in [0.3, 0.4) is 0 Å². The highest BCUT2D eigenvalue weighted by Crippen LogP contribution is 2.30. The summed E-state index contributed by atoms with van der Waals surface area (Å²) in [6, 6.07) is 2.53. The van der Waals surface area contributed by atoms with Crippen LogP contribution in [0.2, 0.25) is 0 Å². The number of carbonyl (C=O) groups is 1. The summed E-state index contributed by atoms with van der Waals surface area (Å²) in [6.45, 7) is 3.99. The van der Waals surface area contributed by atoms with E-state index < -0.39 is 0 Å².